The fraction of sp³-hybridized carbons (Fsp3) is 0.800. The van der Waals surface area contributed by atoms with E-state index in [1.165, 1.54) is 0 Å². The molecule has 0 radical (unpaired) electrons. The van der Waals surface area contributed by atoms with Crippen molar-refractivity contribution in [3.63, 3.8) is 0 Å². The van der Waals surface area contributed by atoms with Gasteiger partial charge in [-0.25, -0.2) is 13.6 Å². The van der Waals surface area contributed by atoms with E-state index in [-0.39, 0.29) is 0 Å². The molecule has 0 atom stereocenters. The molecule has 0 bridgehead atoms. The first-order valence-corrected chi connectivity index (χ1v) is 2.67. The number of halogens is 2. The third-order valence-corrected chi connectivity index (χ3v) is 0.999. The van der Waals surface area contributed by atoms with Crippen molar-refractivity contribution in [2.45, 2.75) is 12.5 Å². The molecule has 0 saturated heterocycles. The molecule has 0 saturated carbocycles. The van der Waals surface area contributed by atoms with Crippen molar-refractivity contribution in [3.05, 3.63) is 0 Å². The number of rotatable bonds is 3. The summed E-state index contributed by atoms with van der Waals surface area (Å²) in [6.07, 6.45) is -1.42. The third kappa shape index (κ3) is 2.61. The highest BCUT2D eigenvalue weighted by molar-refractivity contribution is 5.65. The SMILES string of the molecule is CC(CF)(CF)NC(=O)O. The van der Waals surface area contributed by atoms with Gasteiger partial charge < -0.3 is 10.4 Å². The van der Waals surface area contributed by atoms with Crippen LogP contribution in [0.15, 0.2) is 0 Å². The summed E-state index contributed by atoms with van der Waals surface area (Å²) in [6, 6.07) is 0. The second kappa shape index (κ2) is 3.34. The standard InChI is InChI=1S/C5H9F2NO2/c1-5(2-6,3-7)8-4(9)10/h8H,2-3H2,1H3,(H,9,10). The highest BCUT2D eigenvalue weighted by Crippen LogP contribution is 2.04. The predicted octanol–water partition coefficient (Wildman–Crippen LogP) is 0.952. The first-order chi connectivity index (χ1) is 4.54. The van der Waals surface area contributed by atoms with Gasteiger partial charge >= 0.3 is 6.09 Å². The van der Waals surface area contributed by atoms with Gasteiger partial charge in [-0.1, -0.05) is 0 Å². The Morgan fingerprint density at radius 2 is 2.00 bits per heavy atom. The molecule has 10 heavy (non-hydrogen) atoms. The molecular formula is C5H9F2NO2. The van der Waals surface area contributed by atoms with Crippen LogP contribution in [-0.4, -0.2) is 30.1 Å². The molecule has 0 aromatic rings. The topological polar surface area (TPSA) is 49.3 Å². The summed E-state index contributed by atoms with van der Waals surface area (Å²) >= 11 is 0. The summed E-state index contributed by atoms with van der Waals surface area (Å²) in [6.45, 7) is -0.938. The van der Waals surface area contributed by atoms with E-state index in [0.29, 0.717) is 0 Å². The first kappa shape index (κ1) is 9.13. The molecule has 5 heteroatoms. The fourth-order valence-electron chi connectivity index (χ4n) is 0.361. The molecule has 0 spiro atoms. The van der Waals surface area contributed by atoms with E-state index in [1.807, 2.05) is 0 Å². The molecule has 0 heterocycles. The van der Waals surface area contributed by atoms with Crippen LogP contribution < -0.4 is 5.32 Å². The smallest absolute Gasteiger partial charge is 0.405 e. The zero-order valence-electron chi connectivity index (χ0n) is 5.53. The molecule has 0 aliphatic rings. The number of nitrogens with one attached hydrogen (secondary N) is 1. The highest BCUT2D eigenvalue weighted by Gasteiger charge is 2.25. The molecule has 0 unspecified atom stereocenters. The molecule has 60 valence electrons. The first-order valence-electron chi connectivity index (χ1n) is 2.67. The minimum absolute atomic E-state index is 1.05. The molecule has 2 N–H and O–H groups in total. The Kier molecular flexibility index (Phi) is 3.05. The van der Waals surface area contributed by atoms with Crippen LogP contribution in [0.4, 0.5) is 13.6 Å². The zero-order chi connectivity index (χ0) is 8.20. The van der Waals surface area contributed by atoms with E-state index < -0.39 is 25.0 Å². The number of alkyl halides is 2. The van der Waals surface area contributed by atoms with Gasteiger partial charge in [0.2, 0.25) is 0 Å². The molecule has 0 aromatic heterocycles. The van der Waals surface area contributed by atoms with Crippen LogP contribution in [0.1, 0.15) is 6.92 Å². The maximum atomic E-state index is 11.8. The van der Waals surface area contributed by atoms with Gasteiger partial charge in [0.25, 0.3) is 0 Å². The molecule has 0 aliphatic heterocycles. The van der Waals surface area contributed by atoms with Crippen LogP contribution in [0.2, 0.25) is 0 Å². The van der Waals surface area contributed by atoms with Crippen LogP contribution >= 0.6 is 0 Å². The van der Waals surface area contributed by atoms with Crippen molar-refractivity contribution < 1.29 is 18.7 Å². The quantitative estimate of drug-likeness (QED) is 0.634. The minimum atomic E-state index is -1.58. The van der Waals surface area contributed by atoms with Gasteiger partial charge in [-0.05, 0) is 6.92 Å². The van der Waals surface area contributed by atoms with Gasteiger partial charge in [0, 0.05) is 0 Å². The Morgan fingerprint density at radius 1 is 1.60 bits per heavy atom. The van der Waals surface area contributed by atoms with Crippen LogP contribution in [0.3, 0.4) is 0 Å². The Morgan fingerprint density at radius 3 is 2.10 bits per heavy atom. The second-order valence-electron chi connectivity index (χ2n) is 2.26. The monoisotopic (exact) mass is 153 g/mol. The van der Waals surface area contributed by atoms with Crippen LogP contribution in [0.5, 0.6) is 0 Å². The Bertz CT molecular complexity index is 125. The average molecular weight is 153 g/mol. The Hall–Kier alpha value is -0.870. The predicted molar refractivity (Wildman–Crippen MR) is 31.5 cm³/mol. The fourth-order valence-corrected chi connectivity index (χ4v) is 0.361. The lowest BCUT2D eigenvalue weighted by molar-refractivity contribution is 0.158. The lowest BCUT2D eigenvalue weighted by Gasteiger charge is -2.21. The second-order valence-corrected chi connectivity index (χ2v) is 2.26. The largest absolute Gasteiger partial charge is 0.465 e. The van der Waals surface area contributed by atoms with Crippen molar-refractivity contribution in [3.8, 4) is 0 Å². The average Bonchev–Trinajstić information content (AvgIpc) is 1.87. The van der Waals surface area contributed by atoms with E-state index in [4.69, 9.17) is 5.11 Å². The van der Waals surface area contributed by atoms with Crippen molar-refractivity contribution in [2.75, 3.05) is 13.3 Å². The summed E-state index contributed by atoms with van der Waals surface area (Å²) in [5, 5.41) is 9.79. The Labute approximate surface area is 57.0 Å². The summed E-state index contributed by atoms with van der Waals surface area (Å²) in [5.41, 5.74) is -1.58. The molecule has 0 rings (SSSR count). The summed E-state index contributed by atoms with van der Waals surface area (Å²) in [7, 11) is 0. The molecule has 1 amide bonds. The summed E-state index contributed by atoms with van der Waals surface area (Å²) < 4.78 is 23.7. The minimum Gasteiger partial charge on any atom is -0.465 e. The summed E-state index contributed by atoms with van der Waals surface area (Å²) in [4.78, 5) is 9.89. The van der Waals surface area contributed by atoms with E-state index in [9.17, 15) is 13.6 Å². The number of amides is 1. The van der Waals surface area contributed by atoms with Crippen LogP contribution in [-0.2, 0) is 0 Å². The van der Waals surface area contributed by atoms with Crippen molar-refractivity contribution in [1.29, 1.82) is 0 Å². The van der Waals surface area contributed by atoms with E-state index in [0.717, 1.165) is 6.92 Å². The van der Waals surface area contributed by atoms with Gasteiger partial charge in [-0.3, -0.25) is 0 Å². The number of carboxylic acid groups (broad SMARTS) is 1. The van der Waals surface area contributed by atoms with Crippen molar-refractivity contribution in [1.82, 2.24) is 5.32 Å². The maximum Gasteiger partial charge on any atom is 0.405 e. The maximum absolute atomic E-state index is 11.8. The van der Waals surface area contributed by atoms with E-state index in [2.05, 4.69) is 0 Å². The van der Waals surface area contributed by atoms with Gasteiger partial charge in [0.1, 0.15) is 13.3 Å². The van der Waals surface area contributed by atoms with Gasteiger partial charge in [0.15, 0.2) is 0 Å². The van der Waals surface area contributed by atoms with Crippen LogP contribution in [0, 0.1) is 0 Å². The van der Waals surface area contributed by atoms with Crippen LogP contribution in [0.25, 0.3) is 0 Å². The number of carbonyl (C=O) groups is 1. The van der Waals surface area contributed by atoms with Gasteiger partial charge in [-0.15, -0.1) is 0 Å². The number of hydrogen-bond donors (Lipinski definition) is 2. The van der Waals surface area contributed by atoms with E-state index in [1.54, 1.807) is 5.32 Å². The molecule has 0 aliphatic carbocycles. The Balaban J connectivity index is 3.92. The zero-order valence-corrected chi connectivity index (χ0v) is 5.53. The number of hydrogen-bond acceptors (Lipinski definition) is 1. The van der Waals surface area contributed by atoms with Crippen molar-refractivity contribution in [2.24, 2.45) is 0 Å². The summed E-state index contributed by atoms with van der Waals surface area (Å²) in [5.74, 6) is 0. The molecular weight excluding hydrogens is 144 g/mol. The highest BCUT2D eigenvalue weighted by atomic mass is 19.1. The molecule has 3 nitrogen and oxygen atoms in total. The van der Waals surface area contributed by atoms with Gasteiger partial charge in [0.05, 0.1) is 5.54 Å². The lowest BCUT2D eigenvalue weighted by atomic mass is 10.1. The lowest BCUT2D eigenvalue weighted by Crippen LogP contribution is -2.49. The normalized spacial score (nSPS) is 11.1. The van der Waals surface area contributed by atoms with E-state index >= 15 is 0 Å². The third-order valence-electron chi connectivity index (χ3n) is 0.999. The molecule has 0 aromatic carbocycles. The molecule has 0 fully saturated rings. The van der Waals surface area contributed by atoms with Gasteiger partial charge in [-0.2, -0.15) is 0 Å². The van der Waals surface area contributed by atoms with Crippen molar-refractivity contribution >= 4 is 6.09 Å².